The van der Waals surface area contributed by atoms with Gasteiger partial charge in [0.25, 0.3) is 0 Å². The summed E-state index contributed by atoms with van der Waals surface area (Å²) in [5.41, 5.74) is 25.5. The molecule has 0 spiro atoms. The number of amides is 2. The van der Waals surface area contributed by atoms with E-state index in [0.29, 0.717) is 118 Å². The molecular formula is C28H53N13O8. The molecule has 0 heterocycles. The summed E-state index contributed by atoms with van der Waals surface area (Å²) >= 11 is 0. The van der Waals surface area contributed by atoms with Gasteiger partial charge in [0.2, 0.25) is 11.8 Å². The van der Waals surface area contributed by atoms with E-state index in [0.717, 1.165) is 5.70 Å². The van der Waals surface area contributed by atoms with Crippen molar-refractivity contribution in [3.8, 4) is 0 Å². The Morgan fingerprint density at radius 2 is 0.857 bits per heavy atom. The Morgan fingerprint density at radius 1 is 0.510 bits per heavy atom. The molecule has 0 fully saturated rings. The van der Waals surface area contributed by atoms with E-state index in [-0.39, 0.29) is 51.0 Å². The van der Waals surface area contributed by atoms with Crippen LogP contribution in [0.25, 0.3) is 31.3 Å². The van der Waals surface area contributed by atoms with E-state index in [2.05, 4.69) is 57.5 Å². The minimum absolute atomic E-state index is 0.145. The van der Waals surface area contributed by atoms with Gasteiger partial charge < -0.3 is 44.4 Å². The molecular weight excluding hydrogens is 646 g/mol. The van der Waals surface area contributed by atoms with Crippen LogP contribution in [0, 0.1) is 0 Å². The van der Waals surface area contributed by atoms with Crippen LogP contribution in [0.3, 0.4) is 0 Å². The van der Waals surface area contributed by atoms with Gasteiger partial charge in [-0.3, -0.25) is 14.5 Å². The van der Waals surface area contributed by atoms with Crippen molar-refractivity contribution in [2.45, 2.75) is 19.3 Å². The minimum atomic E-state index is -0.145. The van der Waals surface area contributed by atoms with Gasteiger partial charge in [0.15, 0.2) is 0 Å². The first-order valence-electron chi connectivity index (χ1n) is 16.2. The topological polar surface area (TPSA) is 275 Å². The number of hydrogen-bond donors (Lipinski definition) is 3. The van der Waals surface area contributed by atoms with Gasteiger partial charge in [-0.1, -0.05) is 21.9 Å². The summed E-state index contributed by atoms with van der Waals surface area (Å²) in [6, 6.07) is 0. The Bertz CT molecular complexity index is 883. The molecule has 3 N–H and O–H groups in total. The van der Waals surface area contributed by atoms with Crippen LogP contribution >= 0.6 is 0 Å². The summed E-state index contributed by atoms with van der Waals surface area (Å²) in [6.07, 6.45) is 1.07. The Balaban J connectivity index is 4.27. The highest BCUT2D eigenvalue weighted by Gasteiger charge is 2.08. The van der Waals surface area contributed by atoms with E-state index in [4.69, 9.17) is 45.0 Å². The second kappa shape index (κ2) is 37.0. The van der Waals surface area contributed by atoms with Crippen molar-refractivity contribution < 1.29 is 38.0 Å². The fraction of sp³-hybridized carbons (Fsp3) is 0.857. The van der Waals surface area contributed by atoms with Crippen LogP contribution in [0.5, 0.6) is 0 Å². The molecule has 49 heavy (non-hydrogen) atoms. The first-order valence-corrected chi connectivity index (χ1v) is 16.2. The standard InChI is InChI=1S/C28H53N13O8/c1-26(32-5-17-47-20-8-35-38-29)2-14-44-23-11-41(12-24-45-15-3-27(42)33-6-18-48-21-9-36-39-30)13-25-46-16-4-28(43)34-7-19-49-22-10-37-40-31/h32H,1-25H2,(H,33,42)(H,34,43). The van der Waals surface area contributed by atoms with Crippen LogP contribution in [0.15, 0.2) is 27.6 Å². The third kappa shape index (κ3) is 35.3. The van der Waals surface area contributed by atoms with E-state index in [9.17, 15) is 9.59 Å². The zero-order valence-electron chi connectivity index (χ0n) is 28.4. The number of hydrogen-bond acceptors (Lipinski definition) is 13. The molecule has 0 aliphatic rings. The molecule has 0 rings (SSSR count). The molecule has 0 radical (unpaired) electrons. The molecule has 0 aromatic heterocycles. The van der Waals surface area contributed by atoms with Gasteiger partial charge >= 0.3 is 0 Å². The Kier molecular flexibility index (Phi) is 34.0. The van der Waals surface area contributed by atoms with Gasteiger partial charge in [-0.15, -0.1) is 0 Å². The van der Waals surface area contributed by atoms with Crippen LogP contribution in [0.2, 0.25) is 0 Å². The van der Waals surface area contributed by atoms with Crippen LogP contribution in [-0.4, -0.2) is 155 Å². The third-order valence-electron chi connectivity index (χ3n) is 6.11. The van der Waals surface area contributed by atoms with E-state index in [1.54, 1.807) is 0 Å². The molecule has 0 saturated carbocycles. The molecule has 2 amide bonds. The molecule has 0 aromatic rings. The maximum Gasteiger partial charge on any atom is 0.222 e. The molecule has 278 valence electrons. The molecule has 0 atom stereocenters. The second-order valence-electron chi connectivity index (χ2n) is 9.86. The summed E-state index contributed by atoms with van der Waals surface area (Å²) in [5.74, 6) is -0.291. The van der Waals surface area contributed by atoms with Crippen molar-refractivity contribution in [2.75, 3.05) is 138 Å². The zero-order chi connectivity index (χ0) is 35.9. The molecule has 0 bridgehead atoms. The number of carbonyl (C=O) groups excluding carboxylic acids is 2. The van der Waals surface area contributed by atoms with Crippen molar-refractivity contribution in [1.29, 1.82) is 0 Å². The molecule has 21 heteroatoms. The minimum Gasteiger partial charge on any atom is -0.386 e. The molecule has 0 aliphatic carbocycles. The molecule has 0 saturated heterocycles. The summed E-state index contributed by atoms with van der Waals surface area (Å²) < 4.78 is 33.0. The predicted octanol–water partition coefficient (Wildman–Crippen LogP) is 1.82. The quantitative estimate of drug-likeness (QED) is 0.0366. The van der Waals surface area contributed by atoms with Crippen molar-refractivity contribution in [2.24, 2.45) is 15.3 Å². The highest BCUT2D eigenvalue weighted by molar-refractivity contribution is 5.76. The summed E-state index contributed by atoms with van der Waals surface area (Å²) in [7, 11) is 0. The van der Waals surface area contributed by atoms with Crippen LogP contribution < -0.4 is 16.0 Å². The fourth-order valence-electron chi connectivity index (χ4n) is 3.59. The van der Waals surface area contributed by atoms with Gasteiger partial charge in [0.05, 0.1) is 79.3 Å². The summed E-state index contributed by atoms with van der Waals surface area (Å²) in [5, 5.41) is 18.8. The van der Waals surface area contributed by atoms with Crippen LogP contribution in [-0.2, 0) is 38.0 Å². The SMILES string of the molecule is C=C(CCOCCN(CCOCCC(=O)NCCOCCN=[N+]=[N-])CCOCCC(=O)NCCOCCN=[N+]=[N-])NCCOCCN=[N+]=[N-]. The van der Waals surface area contributed by atoms with Crippen molar-refractivity contribution in [3.63, 3.8) is 0 Å². The van der Waals surface area contributed by atoms with E-state index >= 15 is 0 Å². The van der Waals surface area contributed by atoms with Gasteiger partial charge in [0.1, 0.15) is 0 Å². The Labute approximate surface area is 287 Å². The predicted molar refractivity (Wildman–Crippen MR) is 180 cm³/mol. The number of carbonyl (C=O) groups is 2. The lowest BCUT2D eigenvalue weighted by molar-refractivity contribution is -0.123. The maximum absolute atomic E-state index is 12.0. The van der Waals surface area contributed by atoms with Crippen molar-refractivity contribution >= 4 is 11.8 Å². The fourth-order valence-corrected chi connectivity index (χ4v) is 3.59. The highest BCUT2D eigenvalue weighted by atomic mass is 16.5. The number of azide groups is 3. The average Bonchev–Trinajstić information content (AvgIpc) is 3.09. The zero-order valence-corrected chi connectivity index (χ0v) is 28.4. The Morgan fingerprint density at radius 3 is 1.24 bits per heavy atom. The van der Waals surface area contributed by atoms with Gasteiger partial charge in [-0.2, -0.15) is 0 Å². The molecule has 21 nitrogen and oxygen atoms in total. The van der Waals surface area contributed by atoms with Crippen LogP contribution in [0.4, 0.5) is 0 Å². The van der Waals surface area contributed by atoms with E-state index < -0.39 is 0 Å². The lowest BCUT2D eigenvalue weighted by atomic mass is 10.3. The number of ether oxygens (including phenoxy) is 6. The summed E-state index contributed by atoms with van der Waals surface area (Å²) in [4.78, 5) is 34.0. The molecule has 0 unspecified atom stereocenters. The normalized spacial score (nSPS) is 10.5. The average molecular weight is 700 g/mol. The lowest BCUT2D eigenvalue weighted by Crippen LogP contribution is -2.35. The molecule has 0 aromatic carbocycles. The van der Waals surface area contributed by atoms with Gasteiger partial charge in [-0.25, -0.2) is 0 Å². The maximum atomic E-state index is 12.0. The second-order valence-corrected chi connectivity index (χ2v) is 9.86. The van der Waals surface area contributed by atoms with E-state index in [1.165, 1.54) is 0 Å². The number of nitrogens with one attached hydrogen (secondary N) is 3. The van der Waals surface area contributed by atoms with Gasteiger partial charge in [-0.05, 0) is 16.6 Å². The molecule has 0 aliphatic heterocycles. The first-order chi connectivity index (χ1) is 24.0. The third-order valence-corrected chi connectivity index (χ3v) is 6.11. The van der Waals surface area contributed by atoms with Crippen molar-refractivity contribution in [1.82, 2.24) is 20.9 Å². The summed E-state index contributed by atoms with van der Waals surface area (Å²) in [6.45, 7) is 12.4. The Hall–Kier alpha value is -3.87. The van der Waals surface area contributed by atoms with Gasteiger partial charge in [0, 0.05) is 98.6 Å². The largest absolute Gasteiger partial charge is 0.386 e. The van der Waals surface area contributed by atoms with Crippen LogP contribution in [0.1, 0.15) is 19.3 Å². The smallest absolute Gasteiger partial charge is 0.222 e. The van der Waals surface area contributed by atoms with E-state index in [1.807, 2.05) is 0 Å². The highest BCUT2D eigenvalue weighted by Crippen LogP contribution is 1.97. The number of nitrogens with zero attached hydrogens (tertiary/aromatic N) is 10. The monoisotopic (exact) mass is 699 g/mol. The first kappa shape index (κ1) is 45.1. The van der Waals surface area contributed by atoms with Crippen molar-refractivity contribution in [3.05, 3.63) is 43.6 Å². The number of rotatable bonds is 37. The lowest BCUT2D eigenvalue weighted by Gasteiger charge is -2.22.